The highest BCUT2D eigenvalue weighted by atomic mass is 32.2. The van der Waals surface area contributed by atoms with Crippen molar-refractivity contribution in [3.8, 4) is 55.6 Å². The van der Waals surface area contributed by atoms with Crippen LogP contribution in [0, 0.1) is 0 Å². The number of fused-ring (bicyclic) bond motifs is 3. The summed E-state index contributed by atoms with van der Waals surface area (Å²) in [6.07, 6.45) is 0. The molecule has 0 radical (unpaired) electrons. The Balaban J connectivity index is 1.36. The van der Waals surface area contributed by atoms with Crippen molar-refractivity contribution in [3.05, 3.63) is 168 Å². The molecule has 8 rings (SSSR count). The van der Waals surface area contributed by atoms with Crippen LogP contribution in [0.2, 0.25) is 0 Å². The van der Waals surface area contributed by atoms with Gasteiger partial charge in [0.15, 0.2) is 0 Å². The Morgan fingerprint density at radius 1 is 0.458 bits per heavy atom. The van der Waals surface area contributed by atoms with E-state index in [2.05, 4.69) is 36.4 Å². The Morgan fingerprint density at radius 2 is 0.932 bits per heavy atom. The smallest absolute Gasteiger partial charge is 0.338 e. The minimum absolute atomic E-state index is 0.144. The van der Waals surface area contributed by atoms with Crippen LogP contribution < -0.4 is 0 Å². The van der Waals surface area contributed by atoms with E-state index in [0.717, 1.165) is 11.1 Å². The summed E-state index contributed by atoms with van der Waals surface area (Å²) >= 11 is 0. The van der Waals surface area contributed by atoms with E-state index < -0.39 is 38.9 Å². The second kappa shape index (κ2) is 15.9. The van der Waals surface area contributed by atoms with Gasteiger partial charge in [0.25, 0.3) is 10.1 Å². The number of carbonyl (C=O) groups is 3. The number of carbonyl (C=O) groups excluding carboxylic acids is 3. The fourth-order valence-electron chi connectivity index (χ4n) is 7.56. The van der Waals surface area contributed by atoms with Gasteiger partial charge >= 0.3 is 17.9 Å². The van der Waals surface area contributed by atoms with Crippen LogP contribution >= 0.6 is 10.9 Å². The quantitative estimate of drug-likeness (QED) is 0.0632. The molecule has 1 N–H and O–H groups in total. The molecular formula is C48H36O9S2. The number of esters is 3. The number of thiol groups is 1. The van der Waals surface area contributed by atoms with Crippen LogP contribution in [0.3, 0.4) is 0 Å². The highest BCUT2D eigenvalue weighted by molar-refractivity contribution is 8.17. The van der Waals surface area contributed by atoms with E-state index in [4.69, 9.17) is 14.2 Å². The molecule has 11 heteroatoms. The standard InChI is InChI=1S/C48H36O9S2/c1-55-46(49)31-17-13-29(14-18-31)35-27-40(30-15-19-32(20-16-30)47(50)56-2)45(59(52,53)54)41(28-35)34-21-23-38(48(51)57-3)39(25-34)33-22-24-44-42(26-33)37-11-7-8-12-43(37)58(44)36-9-5-4-6-10-36/h4-28,58H,1-3H3,(H,52,53,54). The minimum atomic E-state index is -4.94. The van der Waals surface area contributed by atoms with Gasteiger partial charge in [-0.05, 0) is 128 Å². The first-order valence-electron chi connectivity index (χ1n) is 18.4. The van der Waals surface area contributed by atoms with Crippen LogP contribution in [0.25, 0.3) is 55.6 Å². The molecule has 1 aliphatic rings. The van der Waals surface area contributed by atoms with E-state index in [0.29, 0.717) is 38.9 Å². The Kier molecular flexibility index (Phi) is 10.5. The average Bonchev–Trinajstić information content (AvgIpc) is 3.61. The van der Waals surface area contributed by atoms with Gasteiger partial charge in [-0.15, -0.1) is 0 Å². The molecule has 7 aromatic rings. The van der Waals surface area contributed by atoms with Crippen LogP contribution in [0.4, 0.5) is 0 Å². The zero-order valence-corrected chi connectivity index (χ0v) is 33.7. The van der Waals surface area contributed by atoms with E-state index in [1.54, 1.807) is 66.7 Å². The normalized spacial score (nSPS) is 13.5. The predicted octanol–water partition coefficient (Wildman–Crippen LogP) is 10.4. The first-order valence-corrected chi connectivity index (χ1v) is 21.1. The summed E-state index contributed by atoms with van der Waals surface area (Å²) in [5, 5.41) is 0. The highest BCUT2D eigenvalue weighted by Gasteiger charge is 2.29. The maximum Gasteiger partial charge on any atom is 0.338 e. The molecule has 1 unspecified atom stereocenters. The molecule has 1 atom stereocenters. The van der Waals surface area contributed by atoms with Crippen molar-refractivity contribution >= 4 is 38.9 Å². The van der Waals surface area contributed by atoms with Crippen LogP contribution in [-0.4, -0.2) is 52.2 Å². The van der Waals surface area contributed by atoms with E-state index in [1.807, 2.05) is 36.4 Å². The van der Waals surface area contributed by atoms with Gasteiger partial charge in [-0.2, -0.15) is 19.3 Å². The average molecular weight is 821 g/mol. The zero-order valence-electron chi connectivity index (χ0n) is 32.0. The largest absolute Gasteiger partial charge is 0.465 e. The van der Waals surface area contributed by atoms with Crippen molar-refractivity contribution < 1.29 is 41.6 Å². The topological polar surface area (TPSA) is 133 Å². The number of hydrogen-bond acceptors (Lipinski definition) is 8. The van der Waals surface area contributed by atoms with Gasteiger partial charge in [-0.3, -0.25) is 4.55 Å². The Bertz CT molecular complexity index is 2910. The summed E-state index contributed by atoms with van der Waals surface area (Å²) in [6.45, 7) is 0. The lowest BCUT2D eigenvalue weighted by Gasteiger charge is -2.20. The lowest BCUT2D eigenvalue weighted by atomic mass is 9.89. The maximum atomic E-state index is 13.6. The molecule has 7 aromatic carbocycles. The zero-order chi connectivity index (χ0) is 41.4. The number of benzene rings is 7. The molecule has 1 heterocycles. The van der Waals surface area contributed by atoms with Crippen molar-refractivity contribution in [2.24, 2.45) is 0 Å². The van der Waals surface area contributed by atoms with E-state index in [1.165, 1.54) is 48.1 Å². The summed E-state index contributed by atoms with van der Waals surface area (Å²) in [7, 11) is -1.92. The predicted molar refractivity (Wildman–Crippen MR) is 228 cm³/mol. The van der Waals surface area contributed by atoms with Crippen LogP contribution in [-0.2, 0) is 24.3 Å². The number of hydrogen-bond donors (Lipinski definition) is 2. The van der Waals surface area contributed by atoms with Crippen molar-refractivity contribution in [2.45, 2.75) is 19.6 Å². The van der Waals surface area contributed by atoms with Crippen molar-refractivity contribution in [1.82, 2.24) is 0 Å². The number of methoxy groups -OCH3 is 3. The third-order valence-corrected chi connectivity index (χ3v) is 13.9. The molecule has 0 fully saturated rings. The van der Waals surface area contributed by atoms with Crippen LogP contribution in [0.1, 0.15) is 31.1 Å². The van der Waals surface area contributed by atoms with Gasteiger partial charge in [-0.25, -0.2) is 14.4 Å². The van der Waals surface area contributed by atoms with Gasteiger partial charge in [0, 0.05) is 20.9 Å². The fourth-order valence-corrected chi connectivity index (χ4v) is 11.1. The monoisotopic (exact) mass is 820 g/mol. The molecule has 0 saturated heterocycles. The third kappa shape index (κ3) is 7.31. The third-order valence-electron chi connectivity index (χ3n) is 10.3. The van der Waals surface area contributed by atoms with E-state index >= 15 is 0 Å². The van der Waals surface area contributed by atoms with Crippen molar-refractivity contribution in [3.63, 3.8) is 0 Å². The molecule has 0 amide bonds. The summed E-state index contributed by atoms with van der Waals surface area (Å²) < 4.78 is 53.1. The summed E-state index contributed by atoms with van der Waals surface area (Å²) in [4.78, 5) is 41.2. The Hall–Kier alpha value is -6.79. The molecule has 0 saturated carbocycles. The summed E-state index contributed by atoms with van der Waals surface area (Å²) in [6, 6.07) is 45.7. The minimum Gasteiger partial charge on any atom is -0.465 e. The van der Waals surface area contributed by atoms with Gasteiger partial charge in [-0.1, -0.05) is 72.8 Å². The molecule has 0 aliphatic carbocycles. The maximum absolute atomic E-state index is 13.6. The fraction of sp³-hybridized carbons (Fsp3) is 0.0625. The van der Waals surface area contributed by atoms with Gasteiger partial charge < -0.3 is 14.2 Å². The first kappa shape index (κ1) is 39.1. The lowest BCUT2D eigenvalue weighted by molar-refractivity contribution is 0.0592. The van der Waals surface area contributed by atoms with Crippen LogP contribution in [0.15, 0.2) is 171 Å². The Morgan fingerprint density at radius 3 is 1.54 bits per heavy atom. The second-order valence-corrected chi connectivity index (χ2v) is 17.2. The summed E-state index contributed by atoms with van der Waals surface area (Å²) in [5.41, 5.74) is 6.39. The SMILES string of the molecule is COC(=O)c1ccc(-c2cc(-c3ccc(C(=O)OC)cc3)c(S(=O)(=O)O)c(-c3ccc(C(=O)OC)c(-c4ccc5c(c4)-c4ccccc4[SH]5c4ccccc4)c3)c2)cc1. The Labute approximate surface area is 344 Å². The molecular weight excluding hydrogens is 785 g/mol. The first-order chi connectivity index (χ1) is 28.5. The van der Waals surface area contributed by atoms with E-state index in [-0.39, 0.29) is 27.1 Å². The lowest BCUT2D eigenvalue weighted by Crippen LogP contribution is -2.07. The van der Waals surface area contributed by atoms with Gasteiger partial charge in [0.05, 0.1) is 38.0 Å². The van der Waals surface area contributed by atoms with Crippen LogP contribution in [0.5, 0.6) is 0 Å². The molecule has 0 bridgehead atoms. The molecule has 59 heavy (non-hydrogen) atoms. The van der Waals surface area contributed by atoms with Gasteiger partial charge in [0.2, 0.25) is 0 Å². The van der Waals surface area contributed by atoms with E-state index in [9.17, 15) is 27.4 Å². The van der Waals surface area contributed by atoms with Crippen molar-refractivity contribution in [2.75, 3.05) is 21.3 Å². The summed E-state index contributed by atoms with van der Waals surface area (Å²) in [5.74, 6) is -1.67. The second-order valence-electron chi connectivity index (χ2n) is 13.7. The molecule has 294 valence electrons. The molecule has 0 spiro atoms. The molecule has 0 aromatic heterocycles. The molecule has 1 aliphatic heterocycles. The molecule has 9 nitrogen and oxygen atoms in total. The van der Waals surface area contributed by atoms with Gasteiger partial charge in [0.1, 0.15) is 4.90 Å². The number of rotatable bonds is 9. The number of ether oxygens (including phenoxy) is 3. The highest BCUT2D eigenvalue weighted by Crippen LogP contribution is 2.62. The van der Waals surface area contributed by atoms with Crippen molar-refractivity contribution in [1.29, 1.82) is 0 Å².